The van der Waals surface area contributed by atoms with Crippen LogP contribution in [-0.4, -0.2) is 23.6 Å². The first kappa shape index (κ1) is 16.6. The minimum Gasteiger partial charge on any atom is -0.368 e. The van der Waals surface area contributed by atoms with Gasteiger partial charge in [-0.25, -0.2) is 0 Å². The lowest BCUT2D eigenvalue weighted by Gasteiger charge is -2.15. The Morgan fingerprint density at radius 3 is 2.28 bits per heavy atom. The van der Waals surface area contributed by atoms with Gasteiger partial charge >= 0.3 is 0 Å². The predicted molar refractivity (Wildman–Crippen MR) is 69.8 cm³/mol. The number of Topliss-reactive ketones (excluding diaryl/α,β-unsaturated/α-hetero) is 1. The molecule has 2 amide bonds. The Morgan fingerprint density at radius 2 is 1.78 bits per heavy atom. The summed E-state index contributed by atoms with van der Waals surface area (Å²) in [6.07, 6.45) is 4.70. The fraction of sp³-hybridized carbons (Fsp3) is 0.769. The molecule has 104 valence electrons. The highest BCUT2D eigenvalue weighted by molar-refractivity contribution is 5.86. The first-order valence-electron chi connectivity index (χ1n) is 6.55. The molecule has 0 aliphatic rings. The molecule has 0 bridgehead atoms. The Balaban J connectivity index is 3.96. The number of ketones is 1. The van der Waals surface area contributed by atoms with Crippen LogP contribution in [0, 0.1) is 0 Å². The Labute approximate surface area is 108 Å². The van der Waals surface area contributed by atoms with Crippen molar-refractivity contribution < 1.29 is 14.4 Å². The van der Waals surface area contributed by atoms with Crippen molar-refractivity contribution in [1.82, 2.24) is 5.32 Å². The zero-order valence-corrected chi connectivity index (χ0v) is 11.3. The molecule has 0 radical (unpaired) electrons. The van der Waals surface area contributed by atoms with Crippen molar-refractivity contribution in [3.8, 4) is 0 Å². The van der Waals surface area contributed by atoms with Gasteiger partial charge in [0.1, 0.15) is 11.8 Å². The minimum absolute atomic E-state index is 0.0668. The molecule has 1 atom stereocenters. The zero-order chi connectivity index (χ0) is 14.0. The highest BCUT2D eigenvalue weighted by atomic mass is 16.2. The third-order valence-electron chi connectivity index (χ3n) is 2.71. The molecule has 0 aromatic heterocycles. The molecule has 3 N–H and O–H groups in total. The van der Waals surface area contributed by atoms with Crippen LogP contribution in [0.25, 0.3) is 0 Å². The second-order valence-corrected chi connectivity index (χ2v) is 4.57. The number of hydrogen-bond acceptors (Lipinski definition) is 3. The summed E-state index contributed by atoms with van der Waals surface area (Å²) in [7, 11) is 0. The minimum atomic E-state index is -0.582. The Kier molecular flexibility index (Phi) is 8.88. The van der Waals surface area contributed by atoms with Crippen LogP contribution in [0.4, 0.5) is 0 Å². The number of carbonyl (C=O) groups is 3. The van der Waals surface area contributed by atoms with Crippen molar-refractivity contribution in [2.24, 2.45) is 5.73 Å². The van der Waals surface area contributed by atoms with Crippen molar-refractivity contribution in [1.29, 1.82) is 0 Å². The van der Waals surface area contributed by atoms with E-state index >= 15 is 0 Å². The van der Waals surface area contributed by atoms with Crippen molar-refractivity contribution in [3.05, 3.63) is 0 Å². The smallest absolute Gasteiger partial charge is 0.239 e. The van der Waals surface area contributed by atoms with E-state index in [9.17, 15) is 14.4 Å². The third-order valence-corrected chi connectivity index (χ3v) is 2.71. The number of unbranched alkanes of at least 4 members (excludes halogenated alkanes) is 2. The second-order valence-electron chi connectivity index (χ2n) is 4.57. The Bertz CT molecular complexity index is 290. The summed E-state index contributed by atoms with van der Waals surface area (Å²) in [6, 6.07) is -0.582. The van der Waals surface area contributed by atoms with Crippen LogP contribution in [-0.2, 0) is 14.4 Å². The summed E-state index contributed by atoms with van der Waals surface area (Å²) < 4.78 is 0. The van der Waals surface area contributed by atoms with Crippen LogP contribution < -0.4 is 11.1 Å². The second kappa shape index (κ2) is 9.62. The van der Waals surface area contributed by atoms with E-state index in [4.69, 9.17) is 5.73 Å². The zero-order valence-electron chi connectivity index (χ0n) is 11.3. The van der Waals surface area contributed by atoms with Gasteiger partial charge < -0.3 is 15.8 Å². The summed E-state index contributed by atoms with van der Waals surface area (Å²) in [5.41, 5.74) is 5.24. The van der Waals surface area contributed by atoms with Crippen LogP contribution in [0.1, 0.15) is 58.8 Å². The summed E-state index contributed by atoms with van der Waals surface area (Å²) in [5.74, 6) is -0.639. The standard InChI is InChI=1S/C13H24N2O3/c1-3-4-5-8-11(13(14)18)15-12(17)9-6-7-10(2)16/h11H,3-9H2,1-2H3,(H2,14,18)(H,15,17)/t11-/m0/s1. The summed E-state index contributed by atoms with van der Waals surface area (Å²) in [5, 5.41) is 2.62. The first-order valence-corrected chi connectivity index (χ1v) is 6.55. The van der Waals surface area contributed by atoms with Crippen LogP contribution in [0.2, 0.25) is 0 Å². The van der Waals surface area contributed by atoms with Gasteiger partial charge in [0.15, 0.2) is 0 Å². The molecule has 0 unspecified atom stereocenters. The van der Waals surface area contributed by atoms with Gasteiger partial charge in [-0.1, -0.05) is 26.2 Å². The van der Waals surface area contributed by atoms with Crippen molar-refractivity contribution >= 4 is 17.6 Å². The van der Waals surface area contributed by atoms with Crippen molar-refractivity contribution in [3.63, 3.8) is 0 Å². The van der Waals surface area contributed by atoms with Crippen LogP contribution >= 0.6 is 0 Å². The van der Waals surface area contributed by atoms with Crippen LogP contribution in [0.15, 0.2) is 0 Å². The normalized spacial score (nSPS) is 11.9. The fourth-order valence-electron chi connectivity index (χ4n) is 1.65. The van der Waals surface area contributed by atoms with Gasteiger partial charge in [-0.2, -0.15) is 0 Å². The van der Waals surface area contributed by atoms with E-state index in [2.05, 4.69) is 12.2 Å². The Hall–Kier alpha value is -1.39. The largest absolute Gasteiger partial charge is 0.368 e. The molecule has 18 heavy (non-hydrogen) atoms. The molecular weight excluding hydrogens is 232 g/mol. The predicted octanol–water partition coefficient (Wildman–Crippen LogP) is 1.30. The maximum absolute atomic E-state index is 11.5. The lowest BCUT2D eigenvalue weighted by atomic mass is 10.1. The van der Waals surface area contributed by atoms with E-state index in [0.29, 0.717) is 19.3 Å². The average Bonchev–Trinajstić information content (AvgIpc) is 2.27. The molecule has 0 spiro atoms. The number of nitrogens with two attached hydrogens (primary N) is 1. The molecule has 0 saturated heterocycles. The summed E-state index contributed by atoms with van der Waals surface area (Å²) in [6.45, 7) is 3.56. The number of nitrogens with one attached hydrogen (secondary N) is 1. The highest BCUT2D eigenvalue weighted by Crippen LogP contribution is 2.04. The van der Waals surface area contributed by atoms with E-state index in [1.165, 1.54) is 6.92 Å². The highest BCUT2D eigenvalue weighted by Gasteiger charge is 2.17. The van der Waals surface area contributed by atoms with Gasteiger partial charge in [-0.15, -0.1) is 0 Å². The van der Waals surface area contributed by atoms with Gasteiger partial charge in [0.05, 0.1) is 0 Å². The molecule has 0 saturated carbocycles. The average molecular weight is 256 g/mol. The van der Waals surface area contributed by atoms with E-state index in [0.717, 1.165) is 19.3 Å². The van der Waals surface area contributed by atoms with E-state index < -0.39 is 11.9 Å². The molecule has 0 aliphatic heterocycles. The van der Waals surface area contributed by atoms with Crippen molar-refractivity contribution in [2.45, 2.75) is 64.8 Å². The SMILES string of the molecule is CCCCC[C@H](NC(=O)CCCC(C)=O)C(N)=O. The van der Waals surface area contributed by atoms with Gasteiger partial charge in [-0.05, 0) is 19.8 Å². The number of rotatable bonds is 10. The number of carbonyl (C=O) groups excluding carboxylic acids is 3. The first-order chi connectivity index (χ1) is 8.47. The molecule has 5 heteroatoms. The molecule has 5 nitrogen and oxygen atoms in total. The molecule has 0 fully saturated rings. The fourth-order valence-corrected chi connectivity index (χ4v) is 1.65. The maximum Gasteiger partial charge on any atom is 0.239 e. The van der Waals surface area contributed by atoms with E-state index in [1.54, 1.807) is 0 Å². The van der Waals surface area contributed by atoms with Gasteiger partial charge in [0.2, 0.25) is 11.8 Å². The van der Waals surface area contributed by atoms with E-state index in [-0.39, 0.29) is 18.1 Å². The van der Waals surface area contributed by atoms with Gasteiger partial charge in [0, 0.05) is 12.8 Å². The van der Waals surface area contributed by atoms with Crippen molar-refractivity contribution in [2.75, 3.05) is 0 Å². The number of amides is 2. The molecule has 0 aromatic rings. The molecule has 0 aliphatic carbocycles. The lowest BCUT2D eigenvalue weighted by Crippen LogP contribution is -2.44. The molecular formula is C13H24N2O3. The van der Waals surface area contributed by atoms with Gasteiger partial charge in [-0.3, -0.25) is 9.59 Å². The van der Waals surface area contributed by atoms with Crippen LogP contribution in [0.5, 0.6) is 0 Å². The van der Waals surface area contributed by atoms with E-state index in [1.807, 2.05) is 0 Å². The number of hydrogen-bond donors (Lipinski definition) is 2. The van der Waals surface area contributed by atoms with Gasteiger partial charge in [0.25, 0.3) is 0 Å². The maximum atomic E-state index is 11.5. The Morgan fingerprint density at radius 1 is 1.11 bits per heavy atom. The third kappa shape index (κ3) is 8.73. The lowest BCUT2D eigenvalue weighted by molar-refractivity contribution is -0.127. The quantitative estimate of drug-likeness (QED) is 0.577. The van der Waals surface area contributed by atoms with Crippen LogP contribution in [0.3, 0.4) is 0 Å². The topological polar surface area (TPSA) is 89.3 Å². The monoisotopic (exact) mass is 256 g/mol. The molecule has 0 rings (SSSR count). The molecule has 0 aromatic carbocycles. The molecule has 0 heterocycles. The number of primary amides is 1. The summed E-state index contributed by atoms with van der Waals surface area (Å²) in [4.78, 5) is 33.4. The summed E-state index contributed by atoms with van der Waals surface area (Å²) >= 11 is 0.